The second-order valence-corrected chi connectivity index (χ2v) is 8.26. The van der Waals surface area contributed by atoms with Gasteiger partial charge in [-0.1, -0.05) is 38.2 Å². The van der Waals surface area contributed by atoms with E-state index in [1.807, 2.05) is 0 Å². The van der Waals surface area contributed by atoms with E-state index in [0.29, 0.717) is 13.2 Å². The zero-order chi connectivity index (χ0) is 21.3. The highest BCUT2D eigenvalue weighted by molar-refractivity contribution is 5.99. The maximum atomic E-state index is 13.0. The number of rotatable bonds is 7. The lowest BCUT2D eigenvalue weighted by molar-refractivity contribution is 0.0915. The van der Waals surface area contributed by atoms with Crippen molar-refractivity contribution >= 4 is 11.8 Å². The Hall–Kier alpha value is -2.41. The third kappa shape index (κ3) is 6.05. The van der Waals surface area contributed by atoms with Gasteiger partial charge in [-0.25, -0.2) is 0 Å². The minimum atomic E-state index is -0.538. The molecule has 2 N–H and O–H groups in total. The molecule has 1 atom stereocenters. The van der Waals surface area contributed by atoms with E-state index in [2.05, 4.69) is 17.2 Å². The van der Waals surface area contributed by atoms with Crippen LogP contribution in [0.5, 0.6) is 0 Å². The summed E-state index contributed by atoms with van der Waals surface area (Å²) in [4.78, 5) is 38.5. The van der Waals surface area contributed by atoms with Crippen molar-refractivity contribution in [2.45, 2.75) is 76.5 Å². The van der Waals surface area contributed by atoms with Crippen molar-refractivity contribution in [3.63, 3.8) is 0 Å². The van der Waals surface area contributed by atoms with Crippen LogP contribution < -0.4 is 16.1 Å². The third-order valence-corrected chi connectivity index (χ3v) is 5.85. The number of hydrogen-bond acceptors (Lipinski definition) is 4. The first-order valence-electron chi connectivity index (χ1n) is 11.1. The van der Waals surface area contributed by atoms with Gasteiger partial charge in [0.15, 0.2) is 0 Å². The fourth-order valence-electron chi connectivity index (χ4n) is 4.21. The molecule has 7 heteroatoms. The lowest BCUT2D eigenvalue weighted by Crippen LogP contribution is -2.40. The summed E-state index contributed by atoms with van der Waals surface area (Å²) in [6, 6.07) is 0.0714. The van der Waals surface area contributed by atoms with E-state index in [1.165, 1.54) is 25.5 Å². The Labute approximate surface area is 177 Å². The lowest BCUT2D eigenvalue weighted by Gasteiger charge is -2.21. The highest BCUT2D eigenvalue weighted by Crippen LogP contribution is 2.18. The molecule has 1 aliphatic carbocycles. The number of carbonyl (C=O) groups excluding carboxylic acids is 2. The number of nitrogens with one attached hydrogen (secondary N) is 2. The van der Waals surface area contributed by atoms with Crippen molar-refractivity contribution in [2.75, 3.05) is 13.2 Å². The monoisotopic (exact) mass is 415 g/mol. The normalized spacial score (nSPS) is 20.2. The van der Waals surface area contributed by atoms with Crippen molar-refractivity contribution in [3.8, 4) is 0 Å². The second-order valence-electron chi connectivity index (χ2n) is 8.26. The Kier molecular flexibility index (Phi) is 8.25. The predicted octanol–water partition coefficient (Wildman–Crippen LogP) is 2.79. The molecule has 2 heterocycles. The molecule has 2 aliphatic rings. The molecule has 0 aromatic carbocycles. The molecule has 1 aromatic heterocycles. The maximum Gasteiger partial charge on any atom is 0.257 e. The van der Waals surface area contributed by atoms with Gasteiger partial charge in [-0.15, -0.1) is 6.58 Å². The molecule has 164 valence electrons. The quantitative estimate of drug-likeness (QED) is 0.670. The molecular formula is C23H33N3O4. The largest absolute Gasteiger partial charge is 0.376 e. The molecule has 2 fully saturated rings. The average Bonchev–Trinajstić information content (AvgIpc) is 3.22. The van der Waals surface area contributed by atoms with Gasteiger partial charge in [0, 0.05) is 38.1 Å². The van der Waals surface area contributed by atoms with E-state index in [4.69, 9.17) is 4.74 Å². The van der Waals surface area contributed by atoms with Gasteiger partial charge in [-0.05, 0) is 25.7 Å². The van der Waals surface area contributed by atoms with Gasteiger partial charge >= 0.3 is 0 Å². The Morgan fingerprint density at radius 3 is 2.33 bits per heavy atom. The van der Waals surface area contributed by atoms with Crippen molar-refractivity contribution in [2.24, 2.45) is 0 Å². The van der Waals surface area contributed by atoms with E-state index < -0.39 is 17.2 Å². The van der Waals surface area contributed by atoms with E-state index in [-0.39, 0.29) is 29.8 Å². The van der Waals surface area contributed by atoms with Gasteiger partial charge in [0.05, 0.1) is 6.10 Å². The number of ether oxygens (including phenoxy) is 1. The number of nitrogens with zero attached hydrogens (tertiary/aromatic N) is 1. The average molecular weight is 416 g/mol. The van der Waals surface area contributed by atoms with Crippen LogP contribution in [0.3, 0.4) is 0 Å². The van der Waals surface area contributed by atoms with Crippen LogP contribution in [-0.4, -0.2) is 41.7 Å². The molecule has 1 aromatic rings. The van der Waals surface area contributed by atoms with Crippen LogP contribution in [-0.2, 0) is 11.3 Å². The number of amides is 2. The summed E-state index contributed by atoms with van der Waals surface area (Å²) in [5, 5.41) is 5.68. The van der Waals surface area contributed by atoms with E-state index in [9.17, 15) is 14.4 Å². The summed E-state index contributed by atoms with van der Waals surface area (Å²) >= 11 is 0. The summed E-state index contributed by atoms with van der Waals surface area (Å²) in [6.45, 7) is 5.05. The maximum absolute atomic E-state index is 13.0. The summed E-state index contributed by atoms with van der Waals surface area (Å²) in [5.74, 6) is -0.897. The first kappa shape index (κ1) is 22.3. The van der Waals surface area contributed by atoms with Gasteiger partial charge < -0.3 is 19.9 Å². The number of pyridine rings is 1. The van der Waals surface area contributed by atoms with E-state index >= 15 is 0 Å². The first-order valence-corrected chi connectivity index (χ1v) is 11.1. The summed E-state index contributed by atoms with van der Waals surface area (Å²) < 4.78 is 7.43. The minimum absolute atomic E-state index is 0.0151. The molecule has 0 bridgehead atoms. The Balaban J connectivity index is 1.84. The molecule has 0 spiro atoms. The number of carbonyl (C=O) groups is 2. The van der Waals surface area contributed by atoms with Crippen molar-refractivity contribution in [1.29, 1.82) is 0 Å². The zero-order valence-corrected chi connectivity index (χ0v) is 17.7. The standard InChI is InChI=1S/C23H33N3O4/c1-2-12-24-22(28)19-15-26(14-18-11-8-13-30-18)16-20(21(19)27)23(29)25-17-9-6-4-3-5-7-10-17/h2,15-18H,1,3-14H2,(H,24,28)(H,25,29). The Bertz CT molecular complexity index is 803. The zero-order valence-electron chi connectivity index (χ0n) is 17.7. The molecule has 1 aliphatic heterocycles. The van der Waals surface area contributed by atoms with E-state index in [1.54, 1.807) is 16.8 Å². The lowest BCUT2D eigenvalue weighted by atomic mass is 9.96. The van der Waals surface area contributed by atoms with Crippen molar-refractivity contribution < 1.29 is 14.3 Å². The fourth-order valence-corrected chi connectivity index (χ4v) is 4.21. The van der Waals surface area contributed by atoms with Gasteiger partial charge in [0.2, 0.25) is 5.43 Å². The molecule has 7 nitrogen and oxygen atoms in total. The van der Waals surface area contributed by atoms with Crippen LogP contribution in [0.1, 0.15) is 78.5 Å². The first-order chi connectivity index (χ1) is 14.6. The molecule has 3 rings (SSSR count). The molecular weight excluding hydrogens is 382 g/mol. The van der Waals surface area contributed by atoms with Crippen LogP contribution in [0, 0.1) is 0 Å². The Morgan fingerprint density at radius 1 is 1.03 bits per heavy atom. The van der Waals surface area contributed by atoms with Crippen LogP contribution >= 0.6 is 0 Å². The molecule has 0 radical (unpaired) electrons. The third-order valence-electron chi connectivity index (χ3n) is 5.85. The molecule has 1 saturated carbocycles. The minimum Gasteiger partial charge on any atom is -0.376 e. The molecule has 2 amide bonds. The van der Waals surface area contributed by atoms with Crippen LogP contribution in [0.4, 0.5) is 0 Å². The predicted molar refractivity (Wildman–Crippen MR) is 116 cm³/mol. The van der Waals surface area contributed by atoms with Crippen LogP contribution in [0.25, 0.3) is 0 Å². The SMILES string of the molecule is C=CCNC(=O)c1cn(CC2CCCO2)cc(C(=O)NC2CCCCCCC2)c1=O. The number of hydrogen-bond donors (Lipinski definition) is 2. The highest BCUT2D eigenvalue weighted by atomic mass is 16.5. The summed E-state index contributed by atoms with van der Waals surface area (Å²) in [6.07, 6.45) is 14.2. The van der Waals surface area contributed by atoms with Gasteiger partial charge in [-0.3, -0.25) is 14.4 Å². The topological polar surface area (TPSA) is 89.4 Å². The molecule has 30 heavy (non-hydrogen) atoms. The second kappa shape index (κ2) is 11.1. The number of aromatic nitrogens is 1. The highest BCUT2D eigenvalue weighted by Gasteiger charge is 2.23. The summed E-state index contributed by atoms with van der Waals surface area (Å²) in [7, 11) is 0. The molecule has 1 unspecified atom stereocenters. The summed E-state index contributed by atoms with van der Waals surface area (Å²) in [5.41, 5.74) is -0.551. The van der Waals surface area contributed by atoms with Crippen LogP contribution in [0.15, 0.2) is 29.8 Å². The van der Waals surface area contributed by atoms with Crippen molar-refractivity contribution in [1.82, 2.24) is 15.2 Å². The molecule has 1 saturated heterocycles. The smallest absolute Gasteiger partial charge is 0.257 e. The van der Waals surface area contributed by atoms with Crippen LogP contribution in [0.2, 0.25) is 0 Å². The van der Waals surface area contributed by atoms with Gasteiger partial charge in [-0.2, -0.15) is 0 Å². The van der Waals surface area contributed by atoms with Crippen molar-refractivity contribution in [3.05, 3.63) is 46.4 Å². The van der Waals surface area contributed by atoms with E-state index in [0.717, 1.165) is 38.5 Å². The van der Waals surface area contributed by atoms with Gasteiger partial charge in [0.1, 0.15) is 11.1 Å². The van der Waals surface area contributed by atoms with Gasteiger partial charge in [0.25, 0.3) is 11.8 Å². The fraction of sp³-hybridized carbons (Fsp3) is 0.609. The Morgan fingerprint density at radius 2 is 1.70 bits per heavy atom.